The SMILES string of the molecule is CN1CCN(c2ccc(NC(=O)Cc3cn4ccccc4n3)cc2)CC1. The molecule has 6 heteroatoms. The van der Waals surface area contributed by atoms with E-state index in [1.807, 2.05) is 47.1 Å². The number of pyridine rings is 1. The minimum absolute atomic E-state index is 0.0549. The number of carbonyl (C=O) groups is 1. The zero-order chi connectivity index (χ0) is 17.9. The van der Waals surface area contributed by atoms with Crippen LogP contribution >= 0.6 is 0 Å². The van der Waals surface area contributed by atoms with E-state index < -0.39 is 0 Å². The molecule has 0 unspecified atom stereocenters. The first-order valence-corrected chi connectivity index (χ1v) is 8.93. The summed E-state index contributed by atoms with van der Waals surface area (Å²) in [4.78, 5) is 21.5. The van der Waals surface area contributed by atoms with Crippen LogP contribution in [-0.4, -0.2) is 53.4 Å². The highest BCUT2D eigenvalue weighted by Gasteiger charge is 2.14. The number of rotatable bonds is 4. The van der Waals surface area contributed by atoms with Gasteiger partial charge in [0.05, 0.1) is 12.1 Å². The van der Waals surface area contributed by atoms with Crippen molar-refractivity contribution in [2.45, 2.75) is 6.42 Å². The molecular formula is C20H23N5O. The van der Waals surface area contributed by atoms with E-state index in [0.717, 1.165) is 43.2 Å². The first-order valence-electron chi connectivity index (χ1n) is 8.93. The molecule has 6 nitrogen and oxygen atoms in total. The van der Waals surface area contributed by atoms with Crippen LogP contribution in [0.1, 0.15) is 5.69 Å². The number of imidazole rings is 1. The van der Waals surface area contributed by atoms with Crippen molar-refractivity contribution < 1.29 is 4.79 Å². The Balaban J connectivity index is 1.36. The monoisotopic (exact) mass is 349 g/mol. The molecule has 1 amide bonds. The molecule has 0 atom stereocenters. The number of nitrogens with one attached hydrogen (secondary N) is 1. The lowest BCUT2D eigenvalue weighted by molar-refractivity contribution is -0.115. The predicted octanol–water partition coefficient (Wildman–Crippen LogP) is 2.27. The third-order valence-electron chi connectivity index (χ3n) is 4.78. The molecule has 4 rings (SSSR count). The quantitative estimate of drug-likeness (QED) is 0.785. The van der Waals surface area contributed by atoms with Gasteiger partial charge in [0.25, 0.3) is 0 Å². The second-order valence-electron chi connectivity index (χ2n) is 6.76. The van der Waals surface area contributed by atoms with Crippen molar-refractivity contribution in [3.63, 3.8) is 0 Å². The lowest BCUT2D eigenvalue weighted by Crippen LogP contribution is -2.44. The molecule has 0 saturated carbocycles. The third kappa shape index (κ3) is 3.70. The molecule has 2 aromatic heterocycles. The topological polar surface area (TPSA) is 52.9 Å². The van der Waals surface area contributed by atoms with Gasteiger partial charge in [-0.15, -0.1) is 0 Å². The van der Waals surface area contributed by atoms with Crippen molar-refractivity contribution in [2.24, 2.45) is 0 Å². The van der Waals surface area contributed by atoms with Gasteiger partial charge in [0, 0.05) is 49.9 Å². The van der Waals surface area contributed by atoms with Gasteiger partial charge in [-0.25, -0.2) is 4.98 Å². The van der Waals surface area contributed by atoms with Gasteiger partial charge in [0.2, 0.25) is 5.91 Å². The Hall–Kier alpha value is -2.86. The summed E-state index contributed by atoms with van der Waals surface area (Å²) in [5.74, 6) is -0.0549. The summed E-state index contributed by atoms with van der Waals surface area (Å²) in [6, 6.07) is 13.9. The number of hydrogen-bond donors (Lipinski definition) is 1. The number of anilines is 2. The maximum absolute atomic E-state index is 12.3. The molecule has 3 heterocycles. The number of fused-ring (bicyclic) bond motifs is 1. The maximum Gasteiger partial charge on any atom is 0.230 e. The first kappa shape index (κ1) is 16.6. The van der Waals surface area contributed by atoms with Gasteiger partial charge in [-0.05, 0) is 43.4 Å². The van der Waals surface area contributed by atoms with Gasteiger partial charge in [0.1, 0.15) is 5.65 Å². The largest absolute Gasteiger partial charge is 0.369 e. The summed E-state index contributed by atoms with van der Waals surface area (Å²) in [5.41, 5.74) is 3.64. The van der Waals surface area contributed by atoms with Crippen LogP contribution in [0.5, 0.6) is 0 Å². The third-order valence-corrected chi connectivity index (χ3v) is 4.78. The molecule has 1 aliphatic heterocycles. The van der Waals surface area contributed by atoms with E-state index >= 15 is 0 Å². The molecule has 1 aliphatic rings. The minimum atomic E-state index is -0.0549. The van der Waals surface area contributed by atoms with Crippen LogP contribution in [0.3, 0.4) is 0 Å². The summed E-state index contributed by atoms with van der Waals surface area (Å²) in [5, 5.41) is 2.96. The van der Waals surface area contributed by atoms with Crippen LogP contribution in [0.2, 0.25) is 0 Å². The van der Waals surface area contributed by atoms with Crippen LogP contribution in [0.15, 0.2) is 54.9 Å². The van der Waals surface area contributed by atoms with Crippen LogP contribution in [0, 0.1) is 0 Å². The van der Waals surface area contributed by atoms with Crippen molar-refractivity contribution in [3.05, 3.63) is 60.6 Å². The maximum atomic E-state index is 12.3. The highest BCUT2D eigenvalue weighted by Crippen LogP contribution is 2.19. The average Bonchev–Trinajstić information content (AvgIpc) is 3.05. The fourth-order valence-electron chi connectivity index (χ4n) is 3.26. The Labute approximate surface area is 153 Å². The van der Waals surface area contributed by atoms with Crippen LogP contribution in [-0.2, 0) is 11.2 Å². The van der Waals surface area contributed by atoms with Gasteiger partial charge in [-0.3, -0.25) is 4.79 Å². The van der Waals surface area contributed by atoms with Crippen molar-refractivity contribution in [1.29, 1.82) is 0 Å². The van der Waals surface area contributed by atoms with E-state index in [2.05, 4.69) is 39.3 Å². The molecule has 134 valence electrons. The highest BCUT2D eigenvalue weighted by molar-refractivity contribution is 5.92. The molecule has 0 bridgehead atoms. The number of aromatic nitrogens is 2. The zero-order valence-corrected chi connectivity index (χ0v) is 14.9. The van der Waals surface area contributed by atoms with Gasteiger partial charge >= 0.3 is 0 Å². The van der Waals surface area contributed by atoms with E-state index in [1.165, 1.54) is 5.69 Å². The van der Waals surface area contributed by atoms with Crippen molar-refractivity contribution >= 4 is 22.9 Å². The van der Waals surface area contributed by atoms with E-state index in [4.69, 9.17) is 0 Å². The van der Waals surface area contributed by atoms with Gasteiger partial charge < -0.3 is 19.5 Å². The first-order chi connectivity index (χ1) is 12.7. The number of carbonyl (C=O) groups excluding carboxylic acids is 1. The van der Waals surface area contributed by atoms with Crippen molar-refractivity contribution in [2.75, 3.05) is 43.4 Å². The average molecular weight is 349 g/mol. The summed E-state index contributed by atoms with van der Waals surface area (Å²) in [6.07, 6.45) is 4.09. The zero-order valence-electron chi connectivity index (χ0n) is 14.9. The van der Waals surface area contributed by atoms with Gasteiger partial charge in [0.15, 0.2) is 0 Å². The number of nitrogens with zero attached hydrogens (tertiary/aromatic N) is 4. The number of piperazine rings is 1. The Bertz CT molecular complexity index is 861. The fourth-order valence-corrected chi connectivity index (χ4v) is 3.26. The molecule has 1 saturated heterocycles. The second-order valence-corrected chi connectivity index (χ2v) is 6.76. The minimum Gasteiger partial charge on any atom is -0.369 e. The fraction of sp³-hybridized carbons (Fsp3) is 0.300. The van der Waals surface area contributed by atoms with Crippen LogP contribution in [0.4, 0.5) is 11.4 Å². The van der Waals surface area contributed by atoms with Gasteiger partial charge in [-0.2, -0.15) is 0 Å². The molecule has 1 N–H and O–H groups in total. The second kappa shape index (κ2) is 7.17. The van der Waals surface area contributed by atoms with Crippen LogP contribution < -0.4 is 10.2 Å². The highest BCUT2D eigenvalue weighted by atomic mass is 16.1. The Morgan fingerprint density at radius 2 is 1.85 bits per heavy atom. The summed E-state index contributed by atoms with van der Waals surface area (Å²) < 4.78 is 1.92. The predicted molar refractivity (Wildman–Crippen MR) is 104 cm³/mol. The van der Waals surface area contributed by atoms with Crippen molar-refractivity contribution in [1.82, 2.24) is 14.3 Å². The van der Waals surface area contributed by atoms with Crippen LogP contribution in [0.25, 0.3) is 5.65 Å². The van der Waals surface area contributed by atoms with E-state index in [1.54, 1.807) is 0 Å². The smallest absolute Gasteiger partial charge is 0.230 e. The Morgan fingerprint density at radius 3 is 2.58 bits per heavy atom. The summed E-state index contributed by atoms with van der Waals surface area (Å²) in [7, 11) is 2.15. The number of hydrogen-bond acceptors (Lipinski definition) is 4. The number of likely N-dealkylation sites (N-methyl/N-ethyl adjacent to an activating group) is 1. The molecular weight excluding hydrogens is 326 g/mol. The van der Waals surface area contributed by atoms with Crippen molar-refractivity contribution in [3.8, 4) is 0 Å². The normalized spacial score (nSPS) is 15.3. The lowest BCUT2D eigenvalue weighted by atomic mass is 10.2. The number of amides is 1. The molecule has 3 aromatic rings. The number of benzene rings is 1. The molecule has 0 radical (unpaired) electrons. The molecule has 1 aromatic carbocycles. The Kier molecular flexibility index (Phi) is 4.58. The van der Waals surface area contributed by atoms with Gasteiger partial charge in [-0.1, -0.05) is 6.07 Å². The van der Waals surface area contributed by atoms with E-state index in [-0.39, 0.29) is 12.3 Å². The summed E-state index contributed by atoms with van der Waals surface area (Å²) >= 11 is 0. The van der Waals surface area contributed by atoms with E-state index in [9.17, 15) is 4.79 Å². The molecule has 0 aliphatic carbocycles. The summed E-state index contributed by atoms with van der Waals surface area (Å²) in [6.45, 7) is 4.24. The Morgan fingerprint density at radius 1 is 1.08 bits per heavy atom. The standard InChI is InChI=1S/C20H23N5O/c1-23-10-12-24(13-11-23)18-7-5-16(6-8-18)22-20(26)14-17-15-25-9-3-2-4-19(25)21-17/h2-9,15H,10-14H2,1H3,(H,22,26). The lowest BCUT2D eigenvalue weighted by Gasteiger charge is -2.34. The molecule has 26 heavy (non-hydrogen) atoms. The molecule has 0 spiro atoms. The van der Waals surface area contributed by atoms with E-state index in [0.29, 0.717) is 0 Å². The molecule has 1 fully saturated rings.